The molecule has 1 saturated heterocycles. The van der Waals surface area contributed by atoms with Gasteiger partial charge < -0.3 is 10.0 Å². The summed E-state index contributed by atoms with van der Waals surface area (Å²) < 4.78 is 1.59. The Balaban J connectivity index is 1.85. The number of hydrogen-bond donors (Lipinski definition) is 2. The first kappa shape index (κ1) is 16.5. The normalized spacial score (nSPS) is 22.4. The molecule has 1 fully saturated rings. The van der Waals surface area contributed by atoms with E-state index in [1.165, 1.54) is 28.9 Å². The summed E-state index contributed by atoms with van der Waals surface area (Å²) in [5, 5.41) is 15.2. The third-order valence-electron chi connectivity index (χ3n) is 5.28. The largest absolute Gasteiger partial charge is 0.492 e. The van der Waals surface area contributed by atoms with Gasteiger partial charge in [0.1, 0.15) is 10.7 Å². The van der Waals surface area contributed by atoms with E-state index in [-0.39, 0.29) is 11.9 Å². The summed E-state index contributed by atoms with van der Waals surface area (Å²) in [4.78, 5) is 7.74. The Morgan fingerprint density at radius 1 is 1.32 bits per heavy atom. The third-order valence-corrected chi connectivity index (χ3v) is 6.37. The Bertz CT molecular complexity index is 900. The number of nitrogens with one attached hydrogen (secondary N) is 1. The van der Waals surface area contributed by atoms with Gasteiger partial charge in [-0.1, -0.05) is 42.5 Å². The molecule has 1 aliphatic rings. The molecule has 0 saturated carbocycles. The zero-order chi connectivity index (χ0) is 17.6. The predicted molar refractivity (Wildman–Crippen MR) is 99.4 cm³/mol. The average Bonchev–Trinajstić information content (AvgIpc) is 3.08. The number of quaternary nitrogens is 1. The number of nitrogens with zero attached hydrogens (tertiary/aromatic N) is 3. The average molecular weight is 358 g/mol. The van der Waals surface area contributed by atoms with Crippen LogP contribution in [0.25, 0.3) is 4.96 Å². The summed E-state index contributed by atoms with van der Waals surface area (Å²) in [5.41, 5.74) is 2.57. The molecule has 132 valence electrons. The van der Waals surface area contributed by atoms with Gasteiger partial charge in [-0.2, -0.15) is 4.52 Å². The van der Waals surface area contributed by atoms with E-state index in [1.54, 1.807) is 15.9 Å². The number of aromatic nitrogens is 3. The topological polar surface area (TPSA) is 54.9 Å². The maximum Gasteiger partial charge on any atom is 0.235 e. The first-order valence-corrected chi connectivity index (χ1v) is 9.81. The van der Waals surface area contributed by atoms with Gasteiger partial charge in [-0.15, -0.1) is 5.10 Å². The van der Waals surface area contributed by atoms with Gasteiger partial charge in [0, 0.05) is 11.5 Å². The molecular weight excluding hydrogens is 332 g/mol. The molecular formula is C19H25N4OS+. The highest BCUT2D eigenvalue weighted by Gasteiger charge is 2.35. The van der Waals surface area contributed by atoms with Crippen LogP contribution in [-0.4, -0.2) is 32.8 Å². The number of fused-ring (bicyclic) bond motifs is 1. The molecule has 0 spiro atoms. The third kappa shape index (κ3) is 2.93. The Morgan fingerprint density at radius 3 is 2.84 bits per heavy atom. The SMILES string of the molecule is Cc1nc2sc([C@H](c3ccccc3C)[NH+]3CCC[C@H](C)C3)c(O)n2n1. The summed E-state index contributed by atoms with van der Waals surface area (Å²) >= 11 is 1.57. The molecule has 5 nitrogen and oxygen atoms in total. The van der Waals surface area contributed by atoms with Crippen LogP contribution in [0.5, 0.6) is 5.88 Å². The second-order valence-electron chi connectivity index (χ2n) is 7.29. The Morgan fingerprint density at radius 2 is 2.12 bits per heavy atom. The standard InChI is InChI=1S/C19H24N4OS/c1-12-7-6-10-22(11-12)16(15-9-5-4-8-13(15)2)17-18(24)23-19(25-17)20-14(3)21-23/h4-5,8-9,12,16,24H,6-7,10-11H2,1-3H3/p+1/t12-,16-/m0/s1. The van der Waals surface area contributed by atoms with E-state index in [0.717, 1.165) is 22.9 Å². The number of aromatic hydroxyl groups is 1. The van der Waals surface area contributed by atoms with E-state index < -0.39 is 0 Å². The number of benzene rings is 1. The van der Waals surface area contributed by atoms with Crippen LogP contribution in [0, 0.1) is 19.8 Å². The highest BCUT2D eigenvalue weighted by molar-refractivity contribution is 7.17. The summed E-state index contributed by atoms with van der Waals surface area (Å²) in [6.07, 6.45) is 2.53. The lowest BCUT2D eigenvalue weighted by Gasteiger charge is -2.34. The van der Waals surface area contributed by atoms with Crippen molar-refractivity contribution in [3.05, 3.63) is 46.1 Å². The molecule has 3 atom stereocenters. The van der Waals surface area contributed by atoms with Gasteiger partial charge in [0.2, 0.25) is 10.8 Å². The monoisotopic (exact) mass is 357 g/mol. The maximum atomic E-state index is 10.9. The fraction of sp³-hybridized carbons (Fsp3) is 0.474. The van der Waals surface area contributed by atoms with Crippen LogP contribution in [0.2, 0.25) is 0 Å². The van der Waals surface area contributed by atoms with E-state index in [4.69, 9.17) is 0 Å². The minimum Gasteiger partial charge on any atom is -0.492 e. The molecule has 0 bridgehead atoms. The molecule has 0 amide bonds. The molecule has 4 rings (SSSR count). The van der Waals surface area contributed by atoms with E-state index in [9.17, 15) is 5.11 Å². The Labute approximate surface area is 151 Å². The molecule has 0 radical (unpaired) electrons. The smallest absolute Gasteiger partial charge is 0.235 e. The number of rotatable bonds is 3. The fourth-order valence-electron chi connectivity index (χ4n) is 4.08. The summed E-state index contributed by atoms with van der Waals surface area (Å²) in [7, 11) is 0. The van der Waals surface area contributed by atoms with Crippen molar-refractivity contribution in [1.82, 2.24) is 14.6 Å². The second-order valence-corrected chi connectivity index (χ2v) is 8.30. The number of aryl methyl sites for hydroxylation is 2. The van der Waals surface area contributed by atoms with Crippen LogP contribution in [-0.2, 0) is 0 Å². The van der Waals surface area contributed by atoms with Crippen LogP contribution < -0.4 is 4.90 Å². The molecule has 3 aromatic rings. The molecule has 2 aromatic heterocycles. The van der Waals surface area contributed by atoms with Gasteiger partial charge in [0.15, 0.2) is 6.04 Å². The van der Waals surface area contributed by atoms with Crippen molar-refractivity contribution in [2.75, 3.05) is 13.1 Å². The molecule has 1 aliphatic heterocycles. The van der Waals surface area contributed by atoms with E-state index in [1.807, 2.05) is 6.92 Å². The van der Waals surface area contributed by atoms with Gasteiger partial charge in [-0.25, -0.2) is 4.98 Å². The van der Waals surface area contributed by atoms with E-state index in [2.05, 4.69) is 48.2 Å². The van der Waals surface area contributed by atoms with Crippen molar-refractivity contribution in [2.24, 2.45) is 5.92 Å². The minimum absolute atomic E-state index is 0.137. The van der Waals surface area contributed by atoms with Crippen molar-refractivity contribution in [3.63, 3.8) is 0 Å². The highest BCUT2D eigenvalue weighted by atomic mass is 32.1. The summed E-state index contributed by atoms with van der Waals surface area (Å²) in [5.74, 6) is 1.65. The lowest BCUT2D eigenvalue weighted by molar-refractivity contribution is -0.933. The summed E-state index contributed by atoms with van der Waals surface area (Å²) in [6.45, 7) is 8.61. The molecule has 6 heteroatoms. The van der Waals surface area contributed by atoms with Crippen LogP contribution in [0.15, 0.2) is 24.3 Å². The van der Waals surface area contributed by atoms with Crippen molar-refractivity contribution < 1.29 is 10.0 Å². The van der Waals surface area contributed by atoms with Crippen LogP contribution in [0.1, 0.15) is 47.6 Å². The molecule has 0 aliphatic carbocycles. The van der Waals surface area contributed by atoms with Gasteiger partial charge in [-0.05, 0) is 32.3 Å². The molecule has 2 N–H and O–H groups in total. The lowest BCUT2D eigenvalue weighted by Crippen LogP contribution is -3.13. The summed E-state index contributed by atoms with van der Waals surface area (Å²) in [6, 6.07) is 8.68. The number of likely N-dealkylation sites (tertiary alicyclic amines) is 1. The molecule has 3 heterocycles. The molecule has 1 aromatic carbocycles. The van der Waals surface area contributed by atoms with E-state index >= 15 is 0 Å². The maximum absolute atomic E-state index is 10.9. The van der Waals surface area contributed by atoms with Crippen LogP contribution >= 0.6 is 11.3 Å². The van der Waals surface area contributed by atoms with Gasteiger partial charge in [-0.3, -0.25) is 0 Å². The number of hydrogen-bond acceptors (Lipinski definition) is 4. The molecule has 25 heavy (non-hydrogen) atoms. The highest BCUT2D eigenvalue weighted by Crippen LogP contribution is 2.36. The fourth-order valence-corrected chi connectivity index (χ4v) is 5.26. The van der Waals surface area contributed by atoms with Crippen molar-refractivity contribution in [3.8, 4) is 5.88 Å². The van der Waals surface area contributed by atoms with Gasteiger partial charge >= 0.3 is 0 Å². The zero-order valence-electron chi connectivity index (χ0n) is 15.0. The van der Waals surface area contributed by atoms with Crippen molar-refractivity contribution >= 4 is 16.3 Å². The molecule has 1 unspecified atom stereocenters. The number of piperidine rings is 1. The van der Waals surface area contributed by atoms with Crippen molar-refractivity contribution in [2.45, 2.75) is 39.7 Å². The van der Waals surface area contributed by atoms with Gasteiger partial charge in [0.25, 0.3) is 0 Å². The Kier molecular flexibility index (Phi) is 4.25. The number of thiazole rings is 1. The Hall–Kier alpha value is -1.92. The lowest BCUT2D eigenvalue weighted by atomic mass is 9.93. The second kappa shape index (κ2) is 6.42. The first-order chi connectivity index (χ1) is 12.0. The van der Waals surface area contributed by atoms with E-state index in [0.29, 0.717) is 11.7 Å². The predicted octanol–water partition coefficient (Wildman–Crippen LogP) is 2.52. The zero-order valence-corrected chi connectivity index (χ0v) is 15.8. The van der Waals surface area contributed by atoms with Crippen LogP contribution in [0.3, 0.4) is 0 Å². The van der Waals surface area contributed by atoms with Crippen molar-refractivity contribution in [1.29, 1.82) is 0 Å². The van der Waals surface area contributed by atoms with Gasteiger partial charge in [0.05, 0.1) is 13.1 Å². The quantitative estimate of drug-likeness (QED) is 0.757. The first-order valence-electron chi connectivity index (χ1n) is 8.99. The van der Waals surface area contributed by atoms with Crippen LogP contribution in [0.4, 0.5) is 0 Å². The minimum atomic E-state index is 0.137.